The third-order valence-corrected chi connectivity index (χ3v) is 2.67. The van der Waals surface area contributed by atoms with Crippen LogP contribution in [0.5, 0.6) is 0 Å². The molecule has 1 aromatic rings. The van der Waals surface area contributed by atoms with Gasteiger partial charge in [-0.15, -0.1) is 0 Å². The zero-order valence-corrected chi connectivity index (χ0v) is 9.63. The maximum absolute atomic E-state index is 13.5. The fraction of sp³-hybridized carbons (Fsp3) is 0.500. The van der Waals surface area contributed by atoms with E-state index < -0.39 is 11.6 Å². The molecule has 3 N–H and O–H groups in total. The molecule has 0 amide bonds. The van der Waals surface area contributed by atoms with E-state index in [-0.39, 0.29) is 18.6 Å². The van der Waals surface area contributed by atoms with Gasteiger partial charge < -0.3 is 11.1 Å². The van der Waals surface area contributed by atoms with Crippen LogP contribution in [0.4, 0.5) is 8.78 Å². The number of hydrogen-bond donors (Lipinski definition) is 2. The molecule has 1 rings (SSSR count). The smallest absolute Gasteiger partial charge is 0.130 e. The Morgan fingerprint density at radius 1 is 1.38 bits per heavy atom. The Kier molecular flexibility index (Phi) is 4.83. The van der Waals surface area contributed by atoms with Crippen molar-refractivity contribution in [3.8, 4) is 0 Å². The lowest BCUT2D eigenvalue weighted by Crippen LogP contribution is -2.35. The Labute approximate surface area is 94.8 Å². The third-order valence-electron chi connectivity index (χ3n) is 2.67. The molecule has 0 aliphatic carbocycles. The number of benzene rings is 1. The van der Waals surface area contributed by atoms with E-state index in [0.717, 1.165) is 12.5 Å². The molecule has 0 heterocycles. The van der Waals surface area contributed by atoms with Gasteiger partial charge in [0.1, 0.15) is 11.6 Å². The third kappa shape index (κ3) is 3.25. The molecule has 0 saturated heterocycles. The van der Waals surface area contributed by atoms with E-state index in [1.165, 1.54) is 12.1 Å². The van der Waals surface area contributed by atoms with Crippen LogP contribution in [0, 0.1) is 11.6 Å². The molecule has 0 radical (unpaired) electrons. The molecule has 4 heteroatoms. The van der Waals surface area contributed by atoms with E-state index in [1.807, 2.05) is 13.8 Å². The second-order valence-electron chi connectivity index (χ2n) is 3.93. The molecule has 1 aromatic carbocycles. The quantitative estimate of drug-likeness (QED) is 0.812. The molecule has 16 heavy (non-hydrogen) atoms. The number of halogens is 2. The van der Waals surface area contributed by atoms with E-state index in [9.17, 15) is 8.78 Å². The monoisotopic (exact) mass is 228 g/mol. The SMILES string of the molecule is CCC(C)NC(CN)c1ccc(F)cc1F. The van der Waals surface area contributed by atoms with Crippen LogP contribution in [-0.4, -0.2) is 12.6 Å². The van der Waals surface area contributed by atoms with Crippen LogP contribution in [0.15, 0.2) is 18.2 Å². The van der Waals surface area contributed by atoms with Gasteiger partial charge >= 0.3 is 0 Å². The van der Waals surface area contributed by atoms with Gasteiger partial charge in [0.2, 0.25) is 0 Å². The van der Waals surface area contributed by atoms with Crippen LogP contribution >= 0.6 is 0 Å². The molecule has 0 fully saturated rings. The predicted molar refractivity (Wildman–Crippen MR) is 61.0 cm³/mol. The van der Waals surface area contributed by atoms with Gasteiger partial charge in [0.05, 0.1) is 0 Å². The van der Waals surface area contributed by atoms with Crippen molar-refractivity contribution >= 4 is 0 Å². The van der Waals surface area contributed by atoms with Crippen molar-refractivity contribution in [1.29, 1.82) is 0 Å². The molecule has 2 atom stereocenters. The van der Waals surface area contributed by atoms with Crippen molar-refractivity contribution in [3.05, 3.63) is 35.4 Å². The molecule has 0 bridgehead atoms. The minimum absolute atomic E-state index is 0.248. The van der Waals surface area contributed by atoms with Gasteiger partial charge in [0.15, 0.2) is 0 Å². The number of nitrogens with one attached hydrogen (secondary N) is 1. The van der Waals surface area contributed by atoms with Gasteiger partial charge in [0.25, 0.3) is 0 Å². The molecule has 2 nitrogen and oxygen atoms in total. The molecule has 0 aromatic heterocycles. The van der Waals surface area contributed by atoms with Crippen molar-refractivity contribution in [2.75, 3.05) is 6.54 Å². The van der Waals surface area contributed by atoms with Crippen LogP contribution in [0.1, 0.15) is 31.9 Å². The number of hydrogen-bond acceptors (Lipinski definition) is 2. The Morgan fingerprint density at radius 2 is 2.06 bits per heavy atom. The van der Waals surface area contributed by atoms with E-state index >= 15 is 0 Å². The fourth-order valence-corrected chi connectivity index (χ4v) is 1.53. The normalized spacial score (nSPS) is 14.8. The summed E-state index contributed by atoms with van der Waals surface area (Å²) in [7, 11) is 0. The van der Waals surface area contributed by atoms with E-state index in [2.05, 4.69) is 5.32 Å². The lowest BCUT2D eigenvalue weighted by molar-refractivity contribution is 0.435. The lowest BCUT2D eigenvalue weighted by Gasteiger charge is -2.22. The Bertz CT molecular complexity index is 342. The second kappa shape index (κ2) is 5.92. The average molecular weight is 228 g/mol. The van der Waals surface area contributed by atoms with Crippen molar-refractivity contribution < 1.29 is 8.78 Å². The highest BCUT2D eigenvalue weighted by Crippen LogP contribution is 2.18. The van der Waals surface area contributed by atoms with Gasteiger partial charge in [0, 0.05) is 30.3 Å². The molecular formula is C12H18F2N2. The first kappa shape index (κ1) is 13.1. The van der Waals surface area contributed by atoms with Crippen molar-refractivity contribution in [1.82, 2.24) is 5.32 Å². The molecule has 0 aliphatic rings. The summed E-state index contributed by atoms with van der Waals surface area (Å²) in [6, 6.07) is 3.56. The van der Waals surface area contributed by atoms with E-state index in [4.69, 9.17) is 5.73 Å². The van der Waals surface area contributed by atoms with Crippen molar-refractivity contribution in [2.45, 2.75) is 32.4 Å². The predicted octanol–water partition coefficient (Wildman–Crippen LogP) is 2.35. The average Bonchev–Trinajstić information content (AvgIpc) is 2.26. The highest BCUT2D eigenvalue weighted by atomic mass is 19.1. The topological polar surface area (TPSA) is 38.0 Å². The van der Waals surface area contributed by atoms with Crippen LogP contribution in [-0.2, 0) is 0 Å². The summed E-state index contributed by atoms with van der Waals surface area (Å²) in [5, 5.41) is 3.21. The first-order chi connectivity index (χ1) is 7.58. The minimum atomic E-state index is -0.569. The summed E-state index contributed by atoms with van der Waals surface area (Å²) in [5.74, 6) is -1.12. The Morgan fingerprint density at radius 3 is 2.56 bits per heavy atom. The van der Waals surface area contributed by atoms with Crippen LogP contribution in [0.3, 0.4) is 0 Å². The Balaban J connectivity index is 2.86. The lowest BCUT2D eigenvalue weighted by atomic mass is 10.0. The van der Waals surface area contributed by atoms with Crippen molar-refractivity contribution in [2.24, 2.45) is 5.73 Å². The summed E-state index contributed by atoms with van der Waals surface area (Å²) in [5.41, 5.74) is 6.01. The fourth-order valence-electron chi connectivity index (χ4n) is 1.53. The highest BCUT2D eigenvalue weighted by Gasteiger charge is 2.16. The summed E-state index contributed by atoms with van der Waals surface area (Å²) < 4.78 is 26.3. The van der Waals surface area contributed by atoms with Crippen LogP contribution in [0.25, 0.3) is 0 Å². The van der Waals surface area contributed by atoms with Crippen molar-refractivity contribution in [3.63, 3.8) is 0 Å². The maximum Gasteiger partial charge on any atom is 0.130 e. The number of nitrogens with two attached hydrogens (primary N) is 1. The van der Waals surface area contributed by atoms with Crippen LogP contribution in [0.2, 0.25) is 0 Å². The summed E-state index contributed by atoms with van der Waals surface area (Å²) >= 11 is 0. The molecule has 90 valence electrons. The van der Waals surface area contributed by atoms with Crippen LogP contribution < -0.4 is 11.1 Å². The second-order valence-corrected chi connectivity index (χ2v) is 3.93. The number of rotatable bonds is 5. The standard InChI is InChI=1S/C12H18F2N2/c1-3-8(2)16-12(7-15)10-5-4-9(13)6-11(10)14/h4-6,8,12,16H,3,7,15H2,1-2H3. The Hall–Kier alpha value is -1.00. The van der Waals surface area contributed by atoms with E-state index in [0.29, 0.717) is 5.56 Å². The van der Waals surface area contributed by atoms with Gasteiger partial charge in [-0.25, -0.2) is 8.78 Å². The summed E-state index contributed by atoms with van der Waals surface area (Å²) in [4.78, 5) is 0. The van der Waals surface area contributed by atoms with E-state index in [1.54, 1.807) is 0 Å². The summed E-state index contributed by atoms with van der Waals surface area (Å²) in [6.07, 6.45) is 0.930. The highest BCUT2D eigenvalue weighted by molar-refractivity contribution is 5.22. The molecule has 2 unspecified atom stereocenters. The first-order valence-corrected chi connectivity index (χ1v) is 5.49. The molecular weight excluding hydrogens is 210 g/mol. The molecule has 0 aliphatic heterocycles. The molecule has 0 saturated carbocycles. The van der Waals surface area contributed by atoms with Gasteiger partial charge in [-0.3, -0.25) is 0 Å². The zero-order chi connectivity index (χ0) is 12.1. The minimum Gasteiger partial charge on any atom is -0.329 e. The van der Waals surface area contributed by atoms with Gasteiger partial charge in [-0.05, 0) is 19.4 Å². The maximum atomic E-state index is 13.5. The summed E-state index contributed by atoms with van der Waals surface area (Å²) in [6.45, 7) is 4.32. The van der Waals surface area contributed by atoms with Gasteiger partial charge in [-0.1, -0.05) is 13.0 Å². The first-order valence-electron chi connectivity index (χ1n) is 5.49. The molecule has 0 spiro atoms. The zero-order valence-electron chi connectivity index (χ0n) is 9.63. The largest absolute Gasteiger partial charge is 0.329 e. The van der Waals surface area contributed by atoms with Gasteiger partial charge in [-0.2, -0.15) is 0 Å².